The lowest BCUT2D eigenvalue weighted by Crippen LogP contribution is -1.86. The SMILES string of the molecule is C=COc1cccc2c1-c1ccccc1C2. The molecule has 0 saturated heterocycles. The average molecular weight is 208 g/mol. The molecule has 0 aromatic heterocycles. The minimum absolute atomic E-state index is 0.900. The predicted octanol–water partition coefficient (Wildman–Crippen LogP) is 3.78. The van der Waals surface area contributed by atoms with Gasteiger partial charge in [-0.15, -0.1) is 0 Å². The highest BCUT2D eigenvalue weighted by molar-refractivity contribution is 5.81. The molecule has 0 aliphatic heterocycles. The second kappa shape index (κ2) is 3.53. The Morgan fingerprint density at radius 1 is 1.00 bits per heavy atom. The van der Waals surface area contributed by atoms with Crippen LogP contribution in [0.25, 0.3) is 11.1 Å². The standard InChI is InChI=1S/C15H12O/c1-2-16-14-9-5-7-12-10-11-6-3-4-8-13(11)15(12)14/h2-9H,1,10H2. The van der Waals surface area contributed by atoms with E-state index in [2.05, 4.69) is 36.9 Å². The van der Waals surface area contributed by atoms with Crippen LogP contribution < -0.4 is 4.74 Å². The fourth-order valence-electron chi connectivity index (χ4n) is 2.34. The van der Waals surface area contributed by atoms with Crippen LogP contribution in [0.1, 0.15) is 11.1 Å². The van der Waals surface area contributed by atoms with Gasteiger partial charge in [0, 0.05) is 5.56 Å². The van der Waals surface area contributed by atoms with E-state index in [4.69, 9.17) is 4.74 Å². The molecule has 1 nitrogen and oxygen atoms in total. The Kier molecular flexibility index (Phi) is 2.03. The molecule has 0 atom stereocenters. The molecule has 0 saturated carbocycles. The molecule has 0 spiro atoms. The summed E-state index contributed by atoms with van der Waals surface area (Å²) in [6, 6.07) is 14.7. The first-order valence-corrected chi connectivity index (χ1v) is 5.38. The van der Waals surface area contributed by atoms with E-state index in [1.165, 1.54) is 28.5 Å². The molecule has 2 aromatic carbocycles. The van der Waals surface area contributed by atoms with E-state index < -0.39 is 0 Å². The first-order chi connectivity index (χ1) is 7.90. The first-order valence-electron chi connectivity index (χ1n) is 5.38. The summed E-state index contributed by atoms with van der Waals surface area (Å²) in [4.78, 5) is 0. The van der Waals surface area contributed by atoms with Gasteiger partial charge in [0.2, 0.25) is 0 Å². The Hall–Kier alpha value is -2.02. The average Bonchev–Trinajstić information content (AvgIpc) is 2.68. The van der Waals surface area contributed by atoms with Crippen molar-refractivity contribution >= 4 is 0 Å². The van der Waals surface area contributed by atoms with Crippen molar-refractivity contribution in [2.45, 2.75) is 6.42 Å². The molecule has 0 unspecified atom stereocenters. The molecule has 0 amide bonds. The maximum Gasteiger partial charge on any atom is 0.134 e. The summed E-state index contributed by atoms with van der Waals surface area (Å²) in [5.74, 6) is 0.900. The normalized spacial score (nSPS) is 11.8. The van der Waals surface area contributed by atoms with E-state index >= 15 is 0 Å². The Labute approximate surface area is 95.0 Å². The van der Waals surface area contributed by atoms with E-state index in [-0.39, 0.29) is 0 Å². The van der Waals surface area contributed by atoms with Crippen LogP contribution in [-0.2, 0) is 6.42 Å². The number of hydrogen-bond donors (Lipinski definition) is 0. The lowest BCUT2D eigenvalue weighted by atomic mass is 10.1. The number of hydrogen-bond acceptors (Lipinski definition) is 1. The molecule has 0 N–H and O–H groups in total. The van der Waals surface area contributed by atoms with Crippen molar-refractivity contribution in [3.05, 3.63) is 66.4 Å². The molecule has 2 aromatic rings. The fourth-order valence-corrected chi connectivity index (χ4v) is 2.34. The van der Waals surface area contributed by atoms with Crippen LogP contribution in [0.3, 0.4) is 0 Å². The number of ether oxygens (including phenoxy) is 1. The molecule has 0 radical (unpaired) electrons. The van der Waals surface area contributed by atoms with E-state index in [1.54, 1.807) is 0 Å². The van der Waals surface area contributed by atoms with E-state index in [0.29, 0.717) is 0 Å². The molecular formula is C15H12O. The van der Waals surface area contributed by atoms with Crippen LogP contribution in [0, 0.1) is 0 Å². The van der Waals surface area contributed by atoms with Gasteiger partial charge < -0.3 is 4.74 Å². The molecule has 0 bridgehead atoms. The molecule has 1 aliphatic rings. The van der Waals surface area contributed by atoms with Crippen molar-refractivity contribution in [2.24, 2.45) is 0 Å². The van der Waals surface area contributed by atoms with Crippen LogP contribution in [0.15, 0.2) is 55.3 Å². The van der Waals surface area contributed by atoms with E-state index in [0.717, 1.165) is 12.2 Å². The van der Waals surface area contributed by atoms with Crippen molar-refractivity contribution < 1.29 is 4.74 Å². The Balaban J connectivity index is 2.24. The minimum Gasteiger partial charge on any atom is -0.465 e. The van der Waals surface area contributed by atoms with Crippen molar-refractivity contribution in [1.29, 1.82) is 0 Å². The summed E-state index contributed by atoms with van der Waals surface area (Å²) in [5, 5.41) is 0. The topological polar surface area (TPSA) is 9.23 Å². The highest BCUT2D eigenvalue weighted by Gasteiger charge is 2.20. The highest BCUT2D eigenvalue weighted by Crippen LogP contribution is 2.42. The third kappa shape index (κ3) is 1.25. The molecule has 78 valence electrons. The highest BCUT2D eigenvalue weighted by atomic mass is 16.5. The van der Waals surface area contributed by atoms with E-state index in [9.17, 15) is 0 Å². The smallest absolute Gasteiger partial charge is 0.134 e. The zero-order valence-electron chi connectivity index (χ0n) is 8.94. The maximum absolute atomic E-state index is 5.47. The lowest BCUT2D eigenvalue weighted by molar-refractivity contribution is 0.485. The quantitative estimate of drug-likeness (QED) is 0.582. The van der Waals surface area contributed by atoms with Crippen molar-refractivity contribution in [3.8, 4) is 16.9 Å². The molecular weight excluding hydrogens is 196 g/mol. The van der Waals surface area contributed by atoms with Gasteiger partial charge in [-0.1, -0.05) is 43.0 Å². The van der Waals surface area contributed by atoms with Gasteiger partial charge in [-0.2, -0.15) is 0 Å². The van der Waals surface area contributed by atoms with Gasteiger partial charge in [-0.25, -0.2) is 0 Å². The fraction of sp³-hybridized carbons (Fsp3) is 0.0667. The summed E-state index contributed by atoms with van der Waals surface area (Å²) in [5.41, 5.74) is 5.21. The number of benzene rings is 2. The largest absolute Gasteiger partial charge is 0.465 e. The summed E-state index contributed by atoms with van der Waals surface area (Å²) in [6.45, 7) is 3.62. The van der Waals surface area contributed by atoms with Crippen molar-refractivity contribution in [2.75, 3.05) is 0 Å². The van der Waals surface area contributed by atoms with Gasteiger partial charge in [0.25, 0.3) is 0 Å². The zero-order chi connectivity index (χ0) is 11.0. The van der Waals surface area contributed by atoms with Gasteiger partial charge in [0.15, 0.2) is 0 Å². The lowest BCUT2D eigenvalue weighted by Gasteiger charge is -2.07. The third-order valence-electron chi connectivity index (χ3n) is 2.99. The van der Waals surface area contributed by atoms with Crippen LogP contribution in [-0.4, -0.2) is 0 Å². The van der Waals surface area contributed by atoms with Crippen molar-refractivity contribution in [1.82, 2.24) is 0 Å². The predicted molar refractivity (Wildman–Crippen MR) is 65.5 cm³/mol. The Morgan fingerprint density at radius 3 is 2.69 bits per heavy atom. The molecule has 0 fully saturated rings. The Bertz CT molecular complexity index is 555. The maximum atomic E-state index is 5.47. The van der Waals surface area contributed by atoms with Gasteiger partial charge in [-0.3, -0.25) is 0 Å². The van der Waals surface area contributed by atoms with E-state index in [1.807, 2.05) is 12.1 Å². The number of fused-ring (bicyclic) bond motifs is 3. The molecule has 3 rings (SSSR count). The van der Waals surface area contributed by atoms with Crippen LogP contribution in [0.4, 0.5) is 0 Å². The number of rotatable bonds is 2. The van der Waals surface area contributed by atoms with Crippen molar-refractivity contribution in [3.63, 3.8) is 0 Å². The van der Waals surface area contributed by atoms with Crippen LogP contribution >= 0.6 is 0 Å². The molecule has 16 heavy (non-hydrogen) atoms. The summed E-state index contributed by atoms with van der Waals surface area (Å²) in [6.07, 6.45) is 2.48. The monoisotopic (exact) mass is 208 g/mol. The summed E-state index contributed by atoms with van der Waals surface area (Å²) < 4.78 is 5.47. The van der Waals surface area contributed by atoms with Crippen LogP contribution in [0.5, 0.6) is 5.75 Å². The zero-order valence-corrected chi connectivity index (χ0v) is 8.94. The summed E-state index contributed by atoms with van der Waals surface area (Å²) in [7, 11) is 0. The van der Waals surface area contributed by atoms with Gasteiger partial charge >= 0.3 is 0 Å². The summed E-state index contributed by atoms with van der Waals surface area (Å²) >= 11 is 0. The third-order valence-corrected chi connectivity index (χ3v) is 2.99. The second-order valence-corrected chi connectivity index (χ2v) is 3.91. The van der Waals surface area contributed by atoms with Gasteiger partial charge in [-0.05, 0) is 29.2 Å². The van der Waals surface area contributed by atoms with Crippen LogP contribution in [0.2, 0.25) is 0 Å². The Morgan fingerprint density at radius 2 is 1.81 bits per heavy atom. The first kappa shape index (κ1) is 9.22. The van der Waals surface area contributed by atoms with Gasteiger partial charge in [0.1, 0.15) is 5.75 Å². The molecule has 0 heterocycles. The molecule has 1 aliphatic carbocycles. The second-order valence-electron chi connectivity index (χ2n) is 3.91. The van der Waals surface area contributed by atoms with Gasteiger partial charge in [0.05, 0.1) is 6.26 Å². The molecule has 1 heteroatoms. The minimum atomic E-state index is 0.900.